The van der Waals surface area contributed by atoms with Crippen molar-refractivity contribution in [2.24, 2.45) is 0 Å². The van der Waals surface area contributed by atoms with Gasteiger partial charge >= 0.3 is 0 Å². The summed E-state index contributed by atoms with van der Waals surface area (Å²) in [6, 6.07) is 19.3. The first kappa shape index (κ1) is 21.0. The first-order valence-corrected chi connectivity index (χ1v) is 11.2. The summed E-state index contributed by atoms with van der Waals surface area (Å²) in [5, 5.41) is 0.444. The SMILES string of the molecule is C=CCOc1ccc([C@@H]2c3c(oc4ccccc4c3=O)C(=O)N2Cc2ccc3c(c2)OCO3)cc1. The largest absolute Gasteiger partial charge is 0.490 e. The van der Waals surface area contributed by atoms with E-state index in [-0.39, 0.29) is 30.4 Å². The molecule has 0 bridgehead atoms. The lowest BCUT2D eigenvalue weighted by Gasteiger charge is -2.25. The molecule has 2 aliphatic heterocycles. The van der Waals surface area contributed by atoms with Crippen LogP contribution < -0.4 is 19.6 Å². The van der Waals surface area contributed by atoms with Crippen molar-refractivity contribution in [3.8, 4) is 17.2 Å². The van der Waals surface area contributed by atoms with Crippen LogP contribution >= 0.6 is 0 Å². The van der Waals surface area contributed by atoms with Crippen LogP contribution in [0, 0.1) is 0 Å². The Kier molecular flexibility index (Phi) is 5.03. The van der Waals surface area contributed by atoms with Crippen molar-refractivity contribution in [3.63, 3.8) is 0 Å². The van der Waals surface area contributed by atoms with Crippen LogP contribution in [0.1, 0.15) is 33.3 Å². The summed E-state index contributed by atoms with van der Waals surface area (Å²) in [5.74, 6) is 1.71. The molecule has 174 valence electrons. The quantitative estimate of drug-likeness (QED) is 0.378. The fraction of sp³-hybridized carbons (Fsp3) is 0.143. The van der Waals surface area contributed by atoms with Crippen LogP contribution in [0.3, 0.4) is 0 Å². The zero-order valence-corrected chi connectivity index (χ0v) is 18.7. The highest BCUT2D eigenvalue weighted by Crippen LogP contribution is 2.40. The van der Waals surface area contributed by atoms with Gasteiger partial charge in [-0.3, -0.25) is 9.59 Å². The minimum absolute atomic E-state index is 0.0754. The molecule has 0 radical (unpaired) electrons. The second kappa shape index (κ2) is 8.36. The van der Waals surface area contributed by atoms with Gasteiger partial charge in [0.1, 0.15) is 17.9 Å². The maximum absolute atomic E-state index is 13.6. The highest BCUT2D eigenvalue weighted by Gasteiger charge is 2.42. The fourth-order valence-corrected chi connectivity index (χ4v) is 4.61. The van der Waals surface area contributed by atoms with E-state index in [1.165, 1.54) is 0 Å². The predicted octanol–water partition coefficient (Wildman–Crippen LogP) is 4.83. The molecule has 3 heterocycles. The fourth-order valence-electron chi connectivity index (χ4n) is 4.61. The van der Waals surface area contributed by atoms with Crippen molar-refractivity contribution in [1.29, 1.82) is 0 Å². The number of hydrogen-bond acceptors (Lipinski definition) is 6. The zero-order valence-electron chi connectivity index (χ0n) is 18.7. The Labute approximate surface area is 200 Å². The smallest absolute Gasteiger partial charge is 0.291 e. The van der Waals surface area contributed by atoms with E-state index < -0.39 is 6.04 Å². The Morgan fingerprint density at radius 1 is 1.00 bits per heavy atom. The highest BCUT2D eigenvalue weighted by atomic mass is 16.7. The van der Waals surface area contributed by atoms with E-state index in [1.54, 1.807) is 35.2 Å². The van der Waals surface area contributed by atoms with E-state index in [2.05, 4.69) is 6.58 Å². The van der Waals surface area contributed by atoms with Crippen molar-refractivity contribution in [1.82, 2.24) is 4.90 Å². The molecule has 1 atom stereocenters. The molecule has 4 aromatic rings. The molecule has 0 saturated heterocycles. The molecule has 0 N–H and O–H groups in total. The number of fused-ring (bicyclic) bond motifs is 3. The maximum atomic E-state index is 13.6. The second-order valence-corrected chi connectivity index (χ2v) is 8.36. The summed E-state index contributed by atoms with van der Waals surface area (Å²) in [6.07, 6.45) is 1.67. The first-order valence-electron chi connectivity index (χ1n) is 11.2. The van der Waals surface area contributed by atoms with Crippen LogP contribution in [-0.2, 0) is 6.54 Å². The third kappa shape index (κ3) is 3.52. The Hall–Kier alpha value is -4.52. The number of carbonyl (C=O) groups is 1. The molecule has 0 fully saturated rings. The maximum Gasteiger partial charge on any atom is 0.291 e. The van der Waals surface area contributed by atoms with E-state index in [0.717, 1.165) is 11.1 Å². The van der Waals surface area contributed by atoms with Gasteiger partial charge in [-0.2, -0.15) is 0 Å². The van der Waals surface area contributed by atoms with E-state index in [0.29, 0.717) is 40.4 Å². The van der Waals surface area contributed by atoms with E-state index in [1.807, 2.05) is 42.5 Å². The van der Waals surface area contributed by atoms with Gasteiger partial charge in [-0.1, -0.05) is 43.0 Å². The lowest BCUT2D eigenvalue weighted by molar-refractivity contribution is 0.0714. The molecule has 6 rings (SSSR count). The van der Waals surface area contributed by atoms with Crippen molar-refractivity contribution in [2.45, 2.75) is 12.6 Å². The lowest BCUT2D eigenvalue weighted by Crippen LogP contribution is -2.29. The normalized spacial score (nSPS) is 15.9. The molecule has 0 spiro atoms. The number of amides is 1. The summed E-state index contributed by atoms with van der Waals surface area (Å²) in [7, 11) is 0. The molecule has 0 saturated carbocycles. The Morgan fingerprint density at radius 2 is 1.80 bits per heavy atom. The second-order valence-electron chi connectivity index (χ2n) is 8.36. The van der Waals surface area contributed by atoms with E-state index in [9.17, 15) is 9.59 Å². The highest BCUT2D eigenvalue weighted by molar-refractivity contribution is 5.99. The third-order valence-electron chi connectivity index (χ3n) is 6.23. The van der Waals surface area contributed by atoms with Gasteiger partial charge in [0.25, 0.3) is 5.91 Å². The lowest BCUT2D eigenvalue weighted by atomic mass is 9.98. The Balaban J connectivity index is 1.46. The predicted molar refractivity (Wildman–Crippen MR) is 129 cm³/mol. The van der Waals surface area contributed by atoms with Gasteiger partial charge in [-0.25, -0.2) is 0 Å². The molecule has 0 unspecified atom stereocenters. The topological polar surface area (TPSA) is 78.2 Å². The summed E-state index contributed by atoms with van der Waals surface area (Å²) in [5.41, 5.74) is 2.16. The minimum Gasteiger partial charge on any atom is -0.490 e. The molecule has 1 amide bonds. The number of rotatable bonds is 6. The molecule has 7 nitrogen and oxygen atoms in total. The molecular formula is C28H21NO6. The molecule has 3 aromatic carbocycles. The molecule has 35 heavy (non-hydrogen) atoms. The number of benzene rings is 3. The molecule has 7 heteroatoms. The van der Waals surface area contributed by atoms with Crippen molar-refractivity contribution >= 4 is 16.9 Å². The first-order chi connectivity index (χ1) is 17.1. The molecule has 1 aromatic heterocycles. The van der Waals surface area contributed by atoms with Gasteiger partial charge in [-0.15, -0.1) is 0 Å². The van der Waals surface area contributed by atoms with Gasteiger partial charge in [0.05, 0.1) is 17.0 Å². The van der Waals surface area contributed by atoms with Crippen LogP contribution in [0.4, 0.5) is 0 Å². The van der Waals surface area contributed by atoms with Gasteiger partial charge in [-0.05, 0) is 47.5 Å². The average Bonchev–Trinajstić information content (AvgIpc) is 3.46. The number of nitrogens with zero attached hydrogens (tertiary/aromatic N) is 1. The number of ether oxygens (including phenoxy) is 3. The van der Waals surface area contributed by atoms with Crippen molar-refractivity contribution in [3.05, 3.63) is 112 Å². The summed E-state index contributed by atoms with van der Waals surface area (Å²) in [4.78, 5) is 28.9. The van der Waals surface area contributed by atoms with Crippen LogP contribution in [0.2, 0.25) is 0 Å². The van der Waals surface area contributed by atoms with Crippen molar-refractivity contribution < 1.29 is 23.4 Å². The van der Waals surface area contributed by atoms with E-state index >= 15 is 0 Å². The molecular weight excluding hydrogens is 446 g/mol. The van der Waals surface area contributed by atoms with Crippen LogP contribution in [-0.4, -0.2) is 24.2 Å². The van der Waals surface area contributed by atoms with Gasteiger partial charge < -0.3 is 23.5 Å². The van der Waals surface area contributed by atoms with Crippen LogP contribution in [0.15, 0.2) is 88.6 Å². The van der Waals surface area contributed by atoms with Crippen LogP contribution in [0.25, 0.3) is 11.0 Å². The van der Waals surface area contributed by atoms with Gasteiger partial charge in [0.15, 0.2) is 16.9 Å². The van der Waals surface area contributed by atoms with Gasteiger partial charge in [0, 0.05) is 6.54 Å². The number of para-hydroxylation sites is 1. The summed E-state index contributed by atoms with van der Waals surface area (Å²) < 4.78 is 22.5. The number of hydrogen-bond donors (Lipinski definition) is 0. The van der Waals surface area contributed by atoms with E-state index in [4.69, 9.17) is 18.6 Å². The summed E-state index contributed by atoms with van der Waals surface area (Å²) in [6.45, 7) is 4.48. The Bertz CT molecular complexity index is 1520. The standard InChI is InChI=1S/C28H21NO6/c1-2-13-32-19-10-8-18(9-11-19)25-24-26(30)20-5-3-4-6-21(20)35-27(24)28(31)29(25)15-17-7-12-22-23(14-17)34-16-33-22/h2-12,14,25H,1,13,15-16H2/t25-/m1/s1. The molecule has 0 aliphatic carbocycles. The molecule has 2 aliphatic rings. The number of carbonyl (C=O) groups excluding carboxylic acids is 1. The van der Waals surface area contributed by atoms with Crippen LogP contribution in [0.5, 0.6) is 17.2 Å². The Morgan fingerprint density at radius 3 is 2.63 bits per heavy atom. The average molecular weight is 467 g/mol. The minimum atomic E-state index is -0.614. The van der Waals surface area contributed by atoms with Crippen molar-refractivity contribution in [2.75, 3.05) is 13.4 Å². The zero-order chi connectivity index (χ0) is 23.9. The van der Waals surface area contributed by atoms with Gasteiger partial charge in [0.2, 0.25) is 12.6 Å². The monoisotopic (exact) mass is 467 g/mol. The summed E-state index contributed by atoms with van der Waals surface area (Å²) >= 11 is 0. The third-order valence-corrected chi connectivity index (χ3v) is 6.23.